The molecular formula is C12H17BrN2. The Labute approximate surface area is 99.6 Å². The van der Waals surface area contributed by atoms with Crippen LogP contribution in [0.1, 0.15) is 12.8 Å². The van der Waals surface area contributed by atoms with Crippen molar-refractivity contribution in [3.05, 3.63) is 28.7 Å². The predicted molar refractivity (Wildman–Crippen MR) is 68.2 cm³/mol. The lowest BCUT2D eigenvalue weighted by molar-refractivity contribution is 0.390. The van der Waals surface area contributed by atoms with E-state index < -0.39 is 0 Å². The number of anilines is 1. The summed E-state index contributed by atoms with van der Waals surface area (Å²) in [5.74, 6) is 0.824. The molecule has 0 aliphatic carbocycles. The Morgan fingerprint density at radius 2 is 2.13 bits per heavy atom. The summed E-state index contributed by atoms with van der Waals surface area (Å²) < 4.78 is 1.14. The fraction of sp³-hybridized carbons (Fsp3) is 0.500. The maximum Gasteiger partial charge on any atom is 0.0351 e. The predicted octanol–water partition coefficient (Wildman–Crippen LogP) is 2.86. The SMILES string of the molecule is Brc1cccc(NCC2CCNCC2)c1. The average Bonchev–Trinajstić information content (AvgIpc) is 2.28. The van der Waals surface area contributed by atoms with E-state index in [4.69, 9.17) is 0 Å². The highest BCUT2D eigenvalue weighted by molar-refractivity contribution is 9.10. The van der Waals surface area contributed by atoms with Crippen molar-refractivity contribution < 1.29 is 0 Å². The molecule has 0 spiro atoms. The Hall–Kier alpha value is -0.540. The second kappa shape index (κ2) is 5.52. The Kier molecular flexibility index (Phi) is 4.03. The molecule has 2 N–H and O–H groups in total. The number of hydrogen-bond acceptors (Lipinski definition) is 2. The summed E-state index contributed by atoms with van der Waals surface area (Å²) in [6, 6.07) is 8.36. The van der Waals surface area contributed by atoms with E-state index in [0.717, 1.165) is 16.9 Å². The highest BCUT2D eigenvalue weighted by Gasteiger charge is 2.12. The summed E-state index contributed by atoms with van der Waals surface area (Å²) in [6.45, 7) is 3.44. The number of piperidine rings is 1. The van der Waals surface area contributed by atoms with Gasteiger partial charge in [-0.15, -0.1) is 0 Å². The third-order valence-corrected chi connectivity index (χ3v) is 3.37. The third kappa shape index (κ3) is 3.50. The molecule has 1 aromatic carbocycles. The van der Waals surface area contributed by atoms with Crippen molar-refractivity contribution in [2.24, 2.45) is 5.92 Å². The van der Waals surface area contributed by atoms with Gasteiger partial charge < -0.3 is 10.6 Å². The minimum Gasteiger partial charge on any atom is -0.385 e. The van der Waals surface area contributed by atoms with E-state index in [-0.39, 0.29) is 0 Å². The van der Waals surface area contributed by atoms with E-state index in [0.29, 0.717) is 0 Å². The van der Waals surface area contributed by atoms with Gasteiger partial charge in [0.25, 0.3) is 0 Å². The normalized spacial score (nSPS) is 17.7. The van der Waals surface area contributed by atoms with Crippen molar-refractivity contribution in [1.29, 1.82) is 0 Å². The van der Waals surface area contributed by atoms with E-state index in [1.165, 1.54) is 31.6 Å². The standard InChI is InChI=1S/C12H17BrN2/c13-11-2-1-3-12(8-11)15-9-10-4-6-14-7-5-10/h1-3,8,10,14-15H,4-7,9H2. The van der Waals surface area contributed by atoms with E-state index in [1.54, 1.807) is 0 Å². The van der Waals surface area contributed by atoms with Crippen molar-refractivity contribution >= 4 is 21.6 Å². The maximum atomic E-state index is 3.50. The summed E-state index contributed by atoms with van der Waals surface area (Å²) >= 11 is 3.48. The molecule has 15 heavy (non-hydrogen) atoms. The smallest absolute Gasteiger partial charge is 0.0351 e. The molecule has 1 heterocycles. The van der Waals surface area contributed by atoms with E-state index in [2.05, 4.69) is 50.8 Å². The van der Waals surface area contributed by atoms with Crippen LogP contribution in [-0.4, -0.2) is 19.6 Å². The minimum atomic E-state index is 0.824. The second-order valence-corrected chi connectivity index (χ2v) is 5.00. The molecule has 0 atom stereocenters. The van der Waals surface area contributed by atoms with Gasteiger partial charge >= 0.3 is 0 Å². The fourth-order valence-corrected chi connectivity index (χ4v) is 2.35. The van der Waals surface area contributed by atoms with Crippen LogP contribution in [0.25, 0.3) is 0 Å². The van der Waals surface area contributed by atoms with Crippen LogP contribution in [0.4, 0.5) is 5.69 Å². The molecule has 1 saturated heterocycles. The first-order valence-corrected chi connectivity index (χ1v) is 6.34. The molecule has 82 valence electrons. The van der Waals surface area contributed by atoms with Gasteiger partial charge in [-0.3, -0.25) is 0 Å². The first-order valence-electron chi connectivity index (χ1n) is 5.55. The van der Waals surface area contributed by atoms with Crippen molar-refractivity contribution in [1.82, 2.24) is 5.32 Å². The molecule has 1 aromatic rings. The quantitative estimate of drug-likeness (QED) is 0.881. The van der Waals surface area contributed by atoms with Crippen LogP contribution in [-0.2, 0) is 0 Å². The van der Waals surface area contributed by atoms with Gasteiger partial charge in [0.15, 0.2) is 0 Å². The first-order chi connectivity index (χ1) is 7.34. The van der Waals surface area contributed by atoms with Crippen LogP contribution >= 0.6 is 15.9 Å². The molecular weight excluding hydrogens is 252 g/mol. The topological polar surface area (TPSA) is 24.1 Å². The van der Waals surface area contributed by atoms with E-state index >= 15 is 0 Å². The number of rotatable bonds is 3. The Bertz CT molecular complexity index is 308. The monoisotopic (exact) mass is 268 g/mol. The summed E-state index contributed by atoms with van der Waals surface area (Å²) in [7, 11) is 0. The Morgan fingerprint density at radius 1 is 1.33 bits per heavy atom. The summed E-state index contributed by atoms with van der Waals surface area (Å²) in [6.07, 6.45) is 2.59. The van der Waals surface area contributed by atoms with E-state index in [1.807, 2.05) is 0 Å². The molecule has 1 fully saturated rings. The van der Waals surface area contributed by atoms with Crippen molar-refractivity contribution in [3.63, 3.8) is 0 Å². The van der Waals surface area contributed by atoms with Crippen LogP contribution in [0.5, 0.6) is 0 Å². The third-order valence-electron chi connectivity index (χ3n) is 2.88. The molecule has 0 aromatic heterocycles. The van der Waals surface area contributed by atoms with Crippen molar-refractivity contribution in [2.75, 3.05) is 25.0 Å². The first kappa shape index (κ1) is 11.0. The molecule has 0 radical (unpaired) electrons. The number of benzene rings is 1. The van der Waals surface area contributed by atoms with Gasteiger partial charge in [0.05, 0.1) is 0 Å². The zero-order valence-electron chi connectivity index (χ0n) is 8.80. The molecule has 2 nitrogen and oxygen atoms in total. The molecule has 0 saturated carbocycles. The van der Waals surface area contributed by atoms with Crippen molar-refractivity contribution in [2.45, 2.75) is 12.8 Å². The lowest BCUT2D eigenvalue weighted by Crippen LogP contribution is -2.31. The lowest BCUT2D eigenvalue weighted by atomic mass is 9.98. The van der Waals surface area contributed by atoms with E-state index in [9.17, 15) is 0 Å². The lowest BCUT2D eigenvalue weighted by Gasteiger charge is -2.23. The Morgan fingerprint density at radius 3 is 2.87 bits per heavy atom. The largest absolute Gasteiger partial charge is 0.385 e. The van der Waals surface area contributed by atoms with Gasteiger partial charge in [0.1, 0.15) is 0 Å². The number of hydrogen-bond donors (Lipinski definition) is 2. The molecule has 0 amide bonds. The minimum absolute atomic E-state index is 0.824. The van der Waals surface area contributed by atoms with Gasteiger partial charge in [-0.1, -0.05) is 22.0 Å². The summed E-state index contributed by atoms with van der Waals surface area (Å²) in [5.41, 5.74) is 1.21. The number of nitrogens with one attached hydrogen (secondary N) is 2. The van der Waals surface area contributed by atoms with Crippen molar-refractivity contribution in [3.8, 4) is 0 Å². The van der Waals surface area contributed by atoms with Gasteiger partial charge in [-0.05, 0) is 50.0 Å². The second-order valence-electron chi connectivity index (χ2n) is 4.08. The van der Waals surface area contributed by atoms with Gasteiger partial charge in [0.2, 0.25) is 0 Å². The zero-order chi connectivity index (χ0) is 10.5. The highest BCUT2D eigenvalue weighted by Crippen LogP contribution is 2.17. The van der Waals surface area contributed by atoms with Gasteiger partial charge in [-0.25, -0.2) is 0 Å². The highest BCUT2D eigenvalue weighted by atomic mass is 79.9. The van der Waals surface area contributed by atoms with Crippen LogP contribution in [0.15, 0.2) is 28.7 Å². The zero-order valence-corrected chi connectivity index (χ0v) is 10.4. The van der Waals surface area contributed by atoms with Crippen LogP contribution in [0.2, 0.25) is 0 Å². The number of halogens is 1. The summed E-state index contributed by atoms with van der Waals surface area (Å²) in [5, 5.41) is 6.88. The summed E-state index contributed by atoms with van der Waals surface area (Å²) in [4.78, 5) is 0. The fourth-order valence-electron chi connectivity index (χ4n) is 1.95. The van der Waals surface area contributed by atoms with Crippen LogP contribution < -0.4 is 10.6 Å². The van der Waals surface area contributed by atoms with Gasteiger partial charge in [0, 0.05) is 16.7 Å². The average molecular weight is 269 g/mol. The molecule has 1 aliphatic heterocycles. The molecule has 0 bridgehead atoms. The molecule has 3 heteroatoms. The maximum absolute atomic E-state index is 3.50. The Balaban J connectivity index is 1.81. The molecule has 2 rings (SSSR count). The molecule has 0 unspecified atom stereocenters. The van der Waals surface area contributed by atoms with Crippen LogP contribution in [0, 0.1) is 5.92 Å². The molecule has 1 aliphatic rings. The van der Waals surface area contributed by atoms with Gasteiger partial charge in [-0.2, -0.15) is 0 Å². The van der Waals surface area contributed by atoms with Crippen LogP contribution in [0.3, 0.4) is 0 Å².